The number of amides is 1. The van der Waals surface area contributed by atoms with E-state index >= 15 is 0 Å². The van der Waals surface area contributed by atoms with E-state index in [1.807, 2.05) is 72.8 Å². The van der Waals surface area contributed by atoms with Crippen molar-refractivity contribution in [2.75, 3.05) is 26.2 Å². The Morgan fingerprint density at radius 2 is 1.53 bits per heavy atom. The standard InChI is InChI=1S/C25H28N2O3/c1-2-27(17-16-26-25(28)20-29-22-11-5-3-6-12-22)19-21-10-9-15-24(18-21)30-23-13-7-4-8-14-23/h3-15,18H,2,16-17,19-20H2,1H3,(H,26,28). The Bertz CT molecular complexity index is 901. The van der Waals surface area contributed by atoms with Gasteiger partial charge in [0.05, 0.1) is 0 Å². The number of likely N-dealkylation sites (N-methyl/N-ethyl adjacent to an activating group) is 1. The molecule has 5 heteroatoms. The summed E-state index contributed by atoms with van der Waals surface area (Å²) in [6.07, 6.45) is 0. The van der Waals surface area contributed by atoms with Crippen LogP contribution in [0.3, 0.4) is 0 Å². The maximum atomic E-state index is 12.0. The second-order valence-electron chi connectivity index (χ2n) is 6.88. The minimum absolute atomic E-state index is 0.0228. The molecule has 0 radical (unpaired) electrons. The van der Waals surface area contributed by atoms with Crippen molar-refractivity contribution >= 4 is 5.91 Å². The average molecular weight is 405 g/mol. The fraction of sp³-hybridized carbons (Fsp3) is 0.240. The molecule has 0 unspecified atom stereocenters. The summed E-state index contributed by atoms with van der Waals surface area (Å²) in [5.41, 5.74) is 1.17. The molecule has 0 fully saturated rings. The molecule has 30 heavy (non-hydrogen) atoms. The van der Waals surface area contributed by atoms with E-state index in [1.54, 1.807) is 0 Å². The molecule has 5 nitrogen and oxygen atoms in total. The van der Waals surface area contributed by atoms with Crippen LogP contribution in [0.4, 0.5) is 0 Å². The average Bonchev–Trinajstić information content (AvgIpc) is 2.78. The highest BCUT2D eigenvalue weighted by Gasteiger charge is 2.07. The lowest BCUT2D eigenvalue weighted by Gasteiger charge is -2.21. The molecular weight excluding hydrogens is 376 g/mol. The van der Waals surface area contributed by atoms with E-state index in [0.29, 0.717) is 12.3 Å². The third-order valence-corrected chi connectivity index (χ3v) is 4.59. The molecule has 0 aliphatic heterocycles. The Balaban J connectivity index is 1.42. The van der Waals surface area contributed by atoms with Crippen molar-refractivity contribution in [2.24, 2.45) is 0 Å². The van der Waals surface area contributed by atoms with Crippen molar-refractivity contribution < 1.29 is 14.3 Å². The lowest BCUT2D eigenvalue weighted by Crippen LogP contribution is -2.36. The first-order valence-corrected chi connectivity index (χ1v) is 10.2. The fourth-order valence-corrected chi connectivity index (χ4v) is 3.01. The molecule has 0 aromatic heterocycles. The first-order chi connectivity index (χ1) is 14.7. The molecule has 1 amide bonds. The summed E-state index contributed by atoms with van der Waals surface area (Å²) in [7, 11) is 0. The van der Waals surface area contributed by atoms with Gasteiger partial charge >= 0.3 is 0 Å². The van der Waals surface area contributed by atoms with Gasteiger partial charge in [-0.05, 0) is 48.5 Å². The SMILES string of the molecule is CCN(CCNC(=O)COc1ccccc1)Cc1cccc(Oc2ccccc2)c1. The highest BCUT2D eigenvalue weighted by atomic mass is 16.5. The first-order valence-electron chi connectivity index (χ1n) is 10.2. The van der Waals surface area contributed by atoms with Crippen molar-refractivity contribution in [3.63, 3.8) is 0 Å². The van der Waals surface area contributed by atoms with Crippen molar-refractivity contribution in [3.05, 3.63) is 90.5 Å². The second-order valence-corrected chi connectivity index (χ2v) is 6.88. The Labute approximate surface area is 178 Å². The van der Waals surface area contributed by atoms with Gasteiger partial charge in [-0.15, -0.1) is 0 Å². The van der Waals surface area contributed by atoms with E-state index in [4.69, 9.17) is 9.47 Å². The van der Waals surface area contributed by atoms with Crippen LogP contribution in [0.2, 0.25) is 0 Å². The number of carbonyl (C=O) groups is 1. The minimum Gasteiger partial charge on any atom is -0.484 e. The zero-order chi connectivity index (χ0) is 21.0. The van der Waals surface area contributed by atoms with Crippen LogP contribution >= 0.6 is 0 Å². The molecule has 3 rings (SSSR count). The number of benzene rings is 3. The third-order valence-electron chi connectivity index (χ3n) is 4.59. The quantitative estimate of drug-likeness (QED) is 0.511. The monoisotopic (exact) mass is 404 g/mol. The summed E-state index contributed by atoms with van der Waals surface area (Å²) < 4.78 is 11.4. The molecule has 0 saturated heterocycles. The third kappa shape index (κ3) is 7.26. The number of hydrogen-bond acceptors (Lipinski definition) is 4. The number of ether oxygens (including phenoxy) is 2. The molecule has 1 N–H and O–H groups in total. The van der Waals surface area contributed by atoms with Gasteiger partial charge in [-0.2, -0.15) is 0 Å². The molecule has 3 aromatic rings. The van der Waals surface area contributed by atoms with Crippen molar-refractivity contribution in [1.29, 1.82) is 0 Å². The highest BCUT2D eigenvalue weighted by molar-refractivity contribution is 5.77. The fourth-order valence-electron chi connectivity index (χ4n) is 3.01. The topological polar surface area (TPSA) is 50.8 Å². The Morgan fingerprint density at radius 3 is 2.23 bits per heavy atom. The molecule has 0 saturated carbocycles. The first kappa shape index (κ1) is 21.4. The lowest BCUT2D eigenvalue weighted by molar-refractivity contribution is -0.123. The van der Waals surface area contributed by atoms with Gasteiger partial charge in [-0.3, -0.25) is 9.69 Å². The van der Waals surface area contributed by atoms with E-state index in [9.17, 15) is 4.79 Å². The predicted octanol–water partition coefficient (Wildman–Crippen LogP) is 4.50. The Hall–Kier alpha value is -3.31. The second kappa shape index (κ2) is 11.6. The van der Waals surface area contributed by atoms with Gasteiger partial charge in [-0.25, -0.2) is 0 Å². The smallest absolute Gasteiger partial charge is 0.257 e. The summed E-state index contributed by atoms with van der Waals surface area (Å²) in [5.74, 6) is 2.22. The maximum absolute atomic E-state index is 12.0. The summed E-state index contributed by atoms with van der Waals surface area (Å²) in [6, 6.07) is 27.2. The molecule has 0 aliphatic rings. The largest absolute Gasteiger partial charge is 0.484 e. The maximum Gasteiger partial charge on any atom is 0.257 e. The van der Waals surface area contributed by atoms with Crippen LogP contribution in [0, 0.1) is 0 Å². The van der Waals surface area contributed by atoms with Crippen molar-refractivity contribution in [1.82, 2.24) is 10.2 Å². The molecule has 0 atom stereocenters. The van der Waals surface area contributed by atoms with Gasteiger partial charge < -0.3 is 14.8 Å². The molecule has 156 valence electrons. The number of nitrogens with zero attached hydrogens (tertiary/aromatic N) is 1. The van der Waals surface area contributed by atoms with Crippen LogP contribution in [0.5, 0.6) is 17.2 Å². The number of nitrogens with one attached hydrogen (secondary N) is 1. The molecule has 0 spiro atoms. The van der Waals surface area contributed by atoms with Gasteiger partial charge in [0, 0.05) is 19.6 Å². The zero-order valence-corrected chi connectivity index (χ0v) is 17.3. The Kier molecular flexibility index (Phi) is 8.30. The van der Waals surface area contributed by atoms with E-state index in [-0.39, 0.29) is 12.5 Å². The van der Waals surface area contributed by atoms with Gasteiger partial charge in [0.2, 0.25) is 0 Å². The summed E-state index contributed by atoms with van der Waals surface area (Å²) in [6.45, 7) is 5.15. The lowest BCUT2D eigenvalue weighted by atomic mass is 10.2. The van der Waals surface area contributed by atoms with Crippen LogP contribution in [0.25, 0.3) is 0 Å². The Morgan fingerprint density at radius 1 is 0.867 bits per heavy atom. The van der Waals surface area contributed by atoms with Crippen LogP contribution in [-0.4, -0.2) is 37.0 Å². The number of rotatable bonds is 11. The van der Waals surface area contributed by atoms with E-state index in [2.05, 4.69) is 29.3 Å². The van der Waals surface area contributed by atoms with Gasteiger partial charge in [0.15, 0.2) is 6.61 Å². The van der Waals surface area contributed by atoms with Crippen LogP contribution < -0.4 is 14.8 Å². The van der Waals surface area contributed by atoms with Crippen LogP contribution in [-0.2, 0) is 11.3 Å². The molecule has 0 aliphatic carbocycles. The molecule has 0 heterocycles. The van der Waals surface area contributed by atoms with Crippen LogP contribution in [0.15, 0.2) is 84.9 Å². The number of para-hydroxylation sites is 2. The minimum atomic E-state index is -0.117. The van der Waals surface area contributed by atoms with Gasteiger partial charge in [0.1, 0.15) is 17.2 Å². The van der Waals surface area contributed by atoms with E-state index in [1.165, 1.54) is 5.56 Å². The highest BCUT2D eigenvalue weighted by Crippen LogP contribution is 2.22. The summed E-state index contributed by atoms with van der Waals surface area (Å²) >= 11 is 0. The van der Waals surface area contributed by atoms with Gasteiger partial charge in [-0.1, -0.05) is 55.5 Å². The normalized spacial score (nSPS) is 10.6. The molecule has 3 aromatic carbocycles. The number of carbonyl (C=O) groups excluding carboxylic acids is 1. The van der Waals surface area contributed by atoms with E-state index in [0.717, 1.165) is 31.1 Å². The van der Waals surface area contributed by atoms with Crippen LogP contribution in [0.1, 0.15) is 12.5 Å². The van der Waals surface area contributed by atoms with Gasteiger partial charge in [0.25, 0.3) is 5.91 Å². The summed E-state index contributed by atoms with van der Waals surface area (Å²) in [5, 5.41) is 2.92. The van der Waals surface area contributed by atoms with Crippen molar-refractivity contribution in [2.45, 2.75) is 13.5 Å². The predicted molar refractivity (Wildman–Crippen MR) is 119 cm³/mol. The molecular formula is C25H28N2O3. The summed E-state index contributed by atoms with van der Waals surface area (Å²) in [4.78, 5) is 14.3. The molecule has 0 bridgehead atoms. The van der Waals surface area contributed by atoms with Crippen molar-refractivity contribution in [3.8, 4) is 17.2 Å². The number of hydrogen-bond donors (Lipinski definition) is 1. The zero-order valence-electron chi connectivity index (χ0n) is 17.3. The van der Waals surface area contributed by atoms with E-state index < -0.39 is 0 Å².